The average molecular weight is 300 g/mol. The van der Waals surface area contributed by atoms with E-state index in [0.29, 0.717) is 25.0 Å². The summed E-state index contributed by atoms with van der Waals surface area (Å²) in [5.74, 6) is 0.516. The van der Waals surface area contributed by atoms with Crippen LogP contribution in [0.25, 0.3) is 0 Å². The van der Waals surface area contributed by atoms with Crippen LogP contribution < -0.4 is 0 Å². The van der Waals surface area contributed by atoms with Crippen molar-refractivity contribution in [3.63, 3.8) is 0 Å². The number of thiophene rings is 1. The van der Waals surface area contributed by atoms with E-state index >= 15 is 0 Å². The number of piperidine rings is 1. The Labute approximate surface area is 119 Å². The van der Waals surface area contributed by atoms with E-state index < -0.39 is 10.0 Å². The van der Waals surface area contributed by atoms with E-state index in [2.05, 4.69) is 21.7 Å². The van der Waals surface area contributed by atoms with E-state index in [1.54, 1.807) is 15.6 Å². The van der Waals surface area contributed by atoms with Crippen molar-refractivity contribution in [3.8, 4) is 0 Å². The molecule has 2 saturated heterocycles. The lowest BCUT2D eigenvalue weighted by Crippen LogP contribution is -2.44. The van der Waals surface area contributed by atoms with Gasteiger partial charge in [0.05, 0.1) is 6.26 Å². The molecule has 2 atom stereocenters. The first-order chi connectivity index (χ1) is 9.04. The predicted octanol–water partition coefficient (Wildman–Crippen LogP) is 1.60. The quantitative estimate of drug-likeness (QED) is 0.851. The van der Waals surface area contributed by atoms with Gasteiger partial charge in [0.1, 0.15) is 0 Å². The van der Waals surface area contributed by atoms with Gasteiger partial charge in [0.25, 0.3) is 0 Å². The van der Waals surface area contributed by atoms with E-state index in [0.717, 1.165) is 19.5 Å². The summed E-state index contributed by atoms with van der Waals surface area (Å²) in [7, 11) is -3.04. The summed E-state index contributed by atoms with van der Waals surface area (Å²) in [4.78, 5) is 2.47. The second-order valence-corrected chi connectivity index (χ2v) is 8.41. The fourth-order valence-electron chi connectivity index (χ4n) is 3.32. The molecule has 0 N–H and O–H groups in total. The van der Waals surface area contributed by atoms with Crippen molar-refractivity contribution in [2.75, 3.05) is 25.9 Å². The van der Waals surface area contributed by atoms with Gasteiger partial charge in [-0.2, -0.15) is 11.3 Å². The molecular formula is C13H20N2O2S2. The largest absolute Gasteiger partial charge is 0.294 e. The molecule has 0 bridgehead atoms. The lowest BCUT2D eigenvalue weighted by atomic mass is 9.92. The summed E-state index contributed by atoms with van der Waals surface area (Å²) in [6, 6.07) is 2.57. The van der Waals surface area contributed by atoms with Gasteiger partial charge >= 0.3 is 0 Å². The van der Waals surface area contributed by atoms with Gasteiger partial charge in [-0.15, -0.1) is 0 Å². The lowest BCUT2D eigenvalue weighted by Gasteiger charge is -2.36. The number of likely N-dealkylation sites (tertiary alicyclic amines) is 1. The maximum atomic E-state index is 11.7. The van der Waals surface area contributed by atoms with Gasteiger partial charge in [-0.05, 0) is 47.7 Å². The number of hydrogen-bond acceptors (Lipinski definition) is 4. The first kappa shape index (κ1) is 13.5. The fraction of sp³-hybridized carbons (Fsp3) is 0.692. The molecule has 106 valence electrons. The molecule has 0 aliphatic carbocycles. The van der Waals surface area contributed by atoms with E-state index in [9.17, 15) is 8.42 Å². The van der Waals surface area contributed by atoms with Crippen molar-refractivity contribution in [2.45, 2.75) is 25.4 Å². The lowest BCUT2D eigenvalue weighted by molar-refractivity contribution is 0.117. The first-order valence-electron chi connectivity index (χ1n) is 6.74. The highest BCUT2D eigenvalue weighted by Crippen LogP contribution is 2.32. The van der Waals surface area contributed by atoms with E-state index in [4.69, 9.17) is 0 Å². The molecular weight excluding hydrogens is 280 g/mol. The van der Waals surface area contributed by atoms with Crippen LogP contribution in [0, 0.1) is 5.92 Å². The molecule has 1 aromatic rings. The Morgan fingerprint density at radius 3 is 2.95 bits per heavy atom. The van der Waals surface area contributed by atoms with Gasteiger partial charge in [-0.25, -0.2) is 12.7 Å². The molecule has 0 aromatic carbocycles. The van der Waals surface area contributed by atoms with Crippen LogP contribution in [0.4, 0.5) is 0 Å². The molecule has 2 fully saturated rings. The van der Waals surface area contributed by atoms with Gasteiger partial charge < -0.3 is 0 Å². The molecule has 3 heterocycles. The third-order valence-corrected chi connectivity index (χ3v) is 6.27. The smallest absolute Gasteiger partial charge is 0.211 e. The van der Waals surface area contributed by atoms with Crippen LogP contribution in [0.1, 0.15) is 18.4 Å². The Hall–Kier alpha value is -0.430. The molecule has 1 aromatic heterocycles. The summed E-state index contributed by atoms with van der Waals surface area (Å²) >= 11 is 1.73. The highest BCUT2D eigenvalue weighted by atomic mass is 32.2. The van der Waals surface area contributed by atoms with Gasteiger partial charge in [0, 0.05) is 25.7 Å². The van der Waals surface area contributed by atoms with Crippen LogP contribution >= 0.6 is 11.3 Å². The van der Waals surface area contributed by atoms with Crippen molar-refractivity contribution >= 4 is 21.4 Å². The Morgan fingerprint density at radius 1 is 1.42 bits per heavy atom. The summed E-state index contributed by atoms with van der Waals surface area (Å²) in [6.07, 6.45) is 3.67. The Morgan fingerprint density at radius 2 is 2.26 bits per heavy atom. The molecule has 2 aliphatic heterocycles. The standard InChI is InChI=1S/C13H20N2O2S2/c1-19(16,17)15-8-12-3-2-5-14(13(12)9-15)7-11-4-6-18-10-11/h4,6,10,12-13H,2-3,5,7-9H2,1H3/t12-,13+/m0/s1. The van der Waals surface area contributed by atoms with Gasteiger partial charge in [0.15, 0.2) is 0 Å². The average Bonchev–Trinajstić information content (AvgIpc) is 2.96. The summed E-state index contributed by atoms with van der Waals surface area (Å²) in [5.41, 5.74) is 1.35. The van der Waals surface area contributed by atoms with Crippen molar-refractivity contribution in [1.82, 2.24) is 9.21 Å². The third-order valence-electron chi connectivity index (χ3n) is 4.30. The molecule has 2 aliphatic rings. The van der Waals surface area contributed by atoms with Crippen LogP contribution in [0.2, 0.25) is 0 Å². The van der Waals surface area contributed by atoms with Crippen LogP contribution in [0.15, 0.2) is 16.8 Å². The maximum absolute atomic E-state index is 11.7. The first-order valence-corrected chi connectivity index (χ1v) is 9.53. The molecule has 0 spiro atoms. The number of sulfonamides is 1. The van der Waals surface area contributed by atoms with Gasteiger partial charge in [0.2, 0.25) is 10.0 Å². The Balaban J connectivity index is 1.73. The number of rotatable bonds is 3. The van der Waals surface area contributed by atoms with E-state index in [1.807, 2.05) is 0 Å². The predicted molar refractivity (Wildman–Crippen MR) is 77.7 cm³/mol. The van der Waals surface area contributed by atoms with Gasteiger partial charge in [-0.3, -0.25) is 4.90 Å². The Bertz CT molecular complexity index is 527. The van der Waals surface area contributed by atoms with E-state index in [-0.39, 0.29) is 0 Å². The zero-order valence-corrected chi connectivity index (χ0v) is 12.8. The van der Waals surface area contributed by atoms with E-state index in [1.165, 1.54) is 18.2 Å². The highest BCUT2D eigenvalue weighted by molar-refractivity contribution is 7.88. The third kappa shape index (κ3) is 2.86. The minimum absolute atomic E-state index is 0.406. The van der Waals surface area contributed by atoms with Gasteiger partial charge in [-0.1, -0.05) is 0 Å². The highest BCUT2D eigenvalue weighted by Gasteiger charge is 2.41. The number of fused-ring (bicyclic) bond motifs is 1. The molecule has 0 saturated carbocycles. The summed E-state index contributed by atoms with van der Waals surface area (Å²) in [6.45, 7) is 3.44. The van der Waals surface area contributed by atoms with Crippen molar-refractivity contribution in [3.05, 3.63) is 22.4 Å². The monoisotopic (exact) mass is 300 g/mol. The van der Waals surface area contributed by atoms with Crippen LogP contribution in [0.5, 0.6) is 0 Å². The summed E-state index contributed by atoms with van der Waals surface area (Å²) < 4.78 is 25.1. The molecule has 0 amide bonds. The van der Waals surface area contributed by atoms with Crippen molar-refractivity contribution in [2.24, 2.45) is 5.92 Å². The molecule has 0 radical (unpaired) electrons. The van der Waals surface area contributed by atoms with Crippen LogP contribution in [-0.2, 0) is 16.6 Å². The van der Waals surface area contributed by atoms with Crippen molar-refractivity contribution in [1.29, 1.82) is 0 Å². The minimum Gasteiger partial charge on any atom is -0.294 e. The second-order valence-electron chi connectivity index (χ2n) is 5.65. The van der Waals surface area contributed by atoms with Crippen molar-refractivity contribution < 1.29 is 8.42 Å². The number of nitrogens with zero attached hydrogens (tertiary/aromatic N) is 2. The second kappa shape index (κ2) is 5.16. The topological polar surface area (TPSA) is 40.6 Å². The zero-order valence-electron chi connectivity index (χ0n) is 11.2. The number of hydrogen-bond donors (Lipinski definition) is 0. The SMILES string of the molecule is CS(=O)(=O)N1C[C@@H]2CCCN(Cc3ccsc3)[C@@H]2C1. The van der Waals surface area contributed by atoms with Crippen LogP contribution in [-0.4, -0.2) is 49.6 Å². The Kier molecular flexibility index (Phi) is 3.68. The zero-order chi connectivity index (χ0) is 13.5. The maximum Gasteiger partial charge on any atom is 0.211 e. The molecule has 3 rings (SSSR count). The summed E-state index contributed by atoms with van der Waals surface area (Å²) in [5, 5.41) is 4.29. The van der Waals surface area contributed by atoms with Crippen LogP contribution in [0.3, 0.4) is 0 Å². The molecule has 6 heteroatoms. The fourth-order valence-corrected chi connectivity index (χ4v) is 4.86. The normalized spacial score (nSPS) is 29.5. The molecule has 0 unspecified atom stereocenters. The molecule has 4 nitrogen and oxygen atoms in total. The molecule has 19 heavy (non-hydrogen) atoms. The minimum atomic E-state index is -3.04.